The Kier molecular flexibility index (Phi) is 4.50. The quantitative estimate of drug-likeness (QED) is 0.640. The molecular formula is C15H17NO3. The van der Waals surface area contributed by atoms with Gasteiger partial charge in [-0.25, -0.2) is 0 Å². The molecule has 0 atom stereocenters. The molecule has 0 saturated heterocycles. The number of nitrogens with two attached hydrogens (primary N) is 1. The average molecular weight is 259 g/mol. The molecule has 0 fully saturated rings. The molecule has 0 aliphatic rings. The smallest absolute Gasteiger partial charge is 0.125 e. The zero-order valence-corrected chi connectivity index (χ0v) is 10.8. The van der Waals surface area contributed by atoms with E-state index in [4.69, 9.17) is 19.9 Å². The molecule has 0 heterocycles. The Bertz CT molecular complexity index is 514. The van der Waals surface area contributed by atoms with Gasteiger partial charge in [0.1, 0.15) is 30.5 Å². The van der Waals surface area contributed by atoms with Gasteiger partial charge < -0.3 is 19.9 Å². The fourth-order valence-electron chi connectivity index (χ4n) is 1.63. The SMILES string of the molecule is COc1cc(N)cc(OCCOc2ccccc2)c1. The lowest BCUT2D eigenvalue weighted by molar-refractivity contribution is 0.216. The summed E-state index contributed by atoms with van der Waals surface area (Å²) >= 11 is 0. The molecule has 0 amide bonds. The van der Waals surface area contributed by atoms with Gasteiger partial charge in [0.15, 0.2) is 0 Å². The summed E-state index contributed by atoms with van der Waals surface area (Å²) in [6.07, 6.45) is 0. The van der Waals surface area contributed by atoms with Gasteiger partial charge in [0.25, 0.3) is 0 Å². The van der Waals surface area contributed by atoms with Crippen LogP contribution in [0, 0.1) is 0 Å². The molecule has 19 heavy (non-hydrogen) atoms. The Labute approximate surface area is 112 Å². The molecule has 0 radical (unpaired) electrons. The lowest BCUT2D eigenvalue weighted by atomic mass is 10.3. The third-order valence-corrected chi connectivity index (χ3v) is 2.50. The normalized spacial score (nSPS) is 9.95. The van der Waals surface area contributed by atoms with Crippen LogP contribution in [0.5, 0.6) is 17.2 Å². The Balaban J connectivity index is 1.81. The standard InChI is InChI=1S/C15H17NO3/c1-17-14-9-12(16)10-15(11-14)19-8-7-18-13-5-3-2-4-6-13/h2-6,9-11H,7-8,16H2,1H3. The van der Waals surface area contributed by atoms with Crippen LogP contribution in [0.3, 0.4) is 0 Å². The van der Waals surface area contributed by atoms with Gasteiger partial charge in [-0.1, -0.05) is 18.2 Å². The van der Waals surface area contributed by atoms with Gasteiger partial charge >= 0.3 is 0 Å². The lowest BCUT2D eigenvalue weighted by Crippen LogP contribution is -2.09. The summed E-state index contributed by atoms with van der Waals surface area (Å²) in [5.74, 6) is 2.18. The minimum absolute atomic E-state index is 0.446. The highest BCUT2D eigenvalue weighted by molar-refractivity contribution is 5.50. The number of nitrogen functional groups attached to an aromatic ring is 1. The Morgan fingerprint density at radius 1 is 0.842 bits per heavy atom. The third kappa shape index (κ3) is 4.10. The fraction of sp³-hybridized carbons (Fsp3) is 0.200. The largest absolute Gasteiger partial charge is 0.497 e. The maximum Gasteiger partial charge on any atom is 0.125 e. The topological polar surface area (TPSA) is 53.7 Å². The van der Waals surface area contributed by atoms with Crippen molar-refractivity contribution in [2.75, 3.05) is 26.1 Å². The fourth-order valence-corrected chi connectivity index (χ4v) is 1.63. The van der Waals surface area contributed by atoms with Crippen LogP contribution >= 0.6 is 0 Å². The van der Waals surface area contributed by atoms with Crippen molar-refractivity contribution in [3.63, 3.8) is 0 Å². The van der Waals surface area contributed by atoms with Gasteiger partial charge in [-0.05, 0) is 12.1 Å². The average Bonchev–Trinajstić information content (AvgIpc) is 2.44. The van der Waals surface area contributed by atoms with Crippen molar-refractivity contribution in [2.45, 2.75) is 0 Å². The van der Waals surface area contributed by atoms with E-state index in [0.29, 0.717) is 30.4 Å². The van der Waals surface area contributed by atoms with E-state index in [1.165, 1.54) is 0 Å². The van der Waals surface area contributed by atoms with E-state index in [0.717, 1.165) is 5.75 Å². The summed E-state index contributed by atoms with van der Waals surface area (Å²) in [5.41, 5.74) is 6.35. The first-order valence-electron chi connectivity index (χ1n) is 6.03. The Morgan fingerprint density at radius 2 is 1.47 bits per heavy atom. The van der Waals surface area contributed by atoms with E-state index >= 15 is 0 Å². The molecule has 0 aliphatic carbocycles. The highest BCUT2D eigenvalue weighted by atomic mass is 16.5. The Hall–Kier alpha value is -2.36. The molecule has 0 aliphatic heterocycles. The molecule has 0 spiro atoms. The van der Waals surface area contributed by atoms with Crippen molar-refractivity contribution in [3.05, 3.63) is 48.5 Å². The molecule has 4 heteroatoms. The zero-order valence-electron chi connectivity index (χ0n) is 10.8. The van der Waals surface area contributed by atoms with Crippen LogP contribution in [0.25, 0.3) is 0 Å². The van der Waals surface area contributed by atoms with Gasteiger partial charge in [0.2, 0.25) is 0 Å². The van der Waals surface area contributed by atoms with Crippen LogP contribution in [0.2, 0.25) is 0 Å². The number of benzene rings is 2. The van der Waals surface area contributed by atoms with E-state index in [9.17, 15) is 0 Å². The number of methoxy groups -OCH3 is 1. The molecule has 2 N–H and O–H groups in total. The summed E-state index contributed by atoms with van der Waals surface area (Å²) in [6.45, 7) is 0.919. The van der Waals surface area contributed by atoms with Crippen LogP contribution < -0.4 is 19.9 Å². The van der Waals surface area contributed by atoms with Crippen molar-refractivity contribution < 1.29 is 14.2 Å². The first-order valence-corrected chi connectivity index (χ1v) is 6.03. The first kappa shape index (κ1) is 13.1. The van der Waals surface area contributed by atoms with Gasteiger partial charge in [-0.3, -0.25) is 0 Å². The molecule has 0 aromatic heterocycles. The van der Waals surface area contributed by atoms with E-state index in [1.54, 1.807) is 25.3 Å². The van der Waals surface area contributed by atoms with Gasteiger partial charge in [0.05, 0.1) is 7.11 Å². The molecule has 2 aromatic rings. The third-order valence-electron chi connectivity index (χ3n) is 2.50. The van der Waals surface area contributed by atoms with Crippen LogP contribution in [0.4, 0.5) is 5.69 Å². The van der Waals surface area contributed by atoms with Crippen LogP contribution in [0.15, 0.2) is 48.5 Å². The predicted octanol–water partition coefficient (Wildman–Crippen LogP) is 2.74. The molecular weight excluding hydrogens is 242 g/mol. The summed E-state index contributed by atoms with van der Waals surface area (Å²) in [5, 5.41) is 0. The summed E-state index contributed by atoms with van der Waals surface area (Å²) in [6, 6.07) is 14.9. The van der Waals surface area contributed by atoms with Gasteiger partial charge in [-0.2, -0.15) is 0 Å². The highest BCUT2D eigenvalue weighted by Crippen LogP contribution is 2.23. The van der Waals surface area contributed by atoms with Crippen LogP contribution in [0.1, 0.15) is 0 Å². The molecule has 2 aromatic carbocycles. The van der Waals surface area contributed by atoms with Crippen molar-refractivity contribution in [2.24, 2.45) is 0 Å². The maximum atomic E-state index is 5.74. The number of ether oxygens (including phenoxy) is 3. The van der Waals surface area contributed by atoms with Crippen molar-refractivity contribution >= 4 is 5.69 Å². The minimum atomic E-state index is 0.446. The minimum Gasteiger partial charge on any atom is -0.497 e. The van der Waals surface area contributed by atoms with E-state index < -0.39 is 0 Å². The first-order chi connectivity index (χ1) is 9.28. The summed E-state index contributed by atoms with van der Waals surface area (Å²) in [4.78, 5) is 0. The van der Waals surface area contributed by atoms with Crippen molar-refractivity contribution in [1.29, 1.82) is 0 Å². The monoisotopic (exact) mass is 259 g/mol. The van der Waals surface area contributed by atoms with E-state index in [-0.39, 0.29) is 0 Å². The van der Waals surface area contributed by atoms with Gasteiger partial charge in [0, 0.05) is 23.9 Å². The lowest BCUT2D eigenvalue weighted by Gasteiger charge is -2.10. The van der Waals surface area contributed by atoms with Crippen molar-refractivity contribution in [3.8, 4) is 17.2 Å². The molecule has 0 unspecified atom stereocenters. The second-order valence-electron chi connectivity index (χ2n) is 3.95. The second kappa shape index (κ2) is 6.54. The molecule has 4 nitrogen and oxygen atoms in total. The number of hydrogen-bond donors (Lipinski definition) is 1. The number of hydrogen-bond acceptors (Lipinski definition) is 4. The van der Waals surface area contributed by atoms with E-state index in [1.807, 2.05) is 30.3 Å². The van der Waals surface area contributed by atoms with E-state index in [2.05, 4.69) is 0 Å². The molecule has 100 valence electrons. The van der Waals surface area contributed by atoms with Crippen LogP contribution in [-0.4, -0.2) is 20.3 Å². The second-order valence-corrected chi connectivity index (χ2v) is 3.95. The number of anilines is 1. The summed E-state index contributed by atoms with van der Waals surface area (Å²) < 4.78 is 16.2. The van der Waals surface area contributed by atoms with Crippen LogP contribution in [-0.2, 0) is 0 Å². The number of rotatable bonds is 6. The molecule has 0 saturated carbocycles. The van der Waals surface area contributed by atoms with Gasteiger partial charge in [-0.15, -0.1) is 0 Å². The zero-order chi connectivity index (χ0) is 13.5. The predicted molar refractivity (Wildman–Crippen MR) is 74.8 cm³/mol. The Morgan fingerprint density at radius 3 is 2.16 bits per heavy atom. The molecule has 2 rings (SSSR count). The summed E-state index contributed by atoms with van der Waals surface area (Å²) in [7, 11) is 1.59. The maximum absolute atomic E-state index is 5.74. The molecule has 0 bridgehead atoms. The highest BCUT2D eigenvalue weighted by Gasteiger charge is 2.00. The van der Waals surface area contributed by atoms with Crippen molar-refractivity contribution in [1.82, 2.24) is 0 Å². The number of para-hydroxylation sites is 1.